The molecule has 16 heavy (non-hydrogen) atoms. The molecular formula is C12H14ClNO2. The van der Waals surface area contributed by atoms with Gasteiger partial charge in [0.15, 0.2) is 5.78 Å². The Morgan fingerprint density at radius 3 is 2.75 bits per heavy atom. The number of anilines is 1. The van der Waals surface area contributed by atoms with E-state index in [1.54, 1.807) is 24.3 Å². The highest BCUT2D eigenvalue weighted by atomic mass is 35.5. The number of amides is 1. The van der Waals surface area contributed by atoms with Gasteiger partial charge in [-0.2, -0.15) is 0 Å². The summed E-state index contributed by atoms with van der Waals surface area (Å²) in [5.74, 6) is 0.384. The summed E-state index contributed by atoms with van der Waals surface area (Å²) >= 11 is 5.52. The Morgan fingerprint density at radius 2 is 2.12 bits per heavy atom. The first-order valence-electron chi connectivity index (χ1n) is 5.10. The van der Waals surface area contributed by atoms with Crippen molar-refractivity contribution < 1.29 is 9.59 Å². The highest BCUT2D eigenvalue weighted by Crippen LogP contribution is 2.13. The summed E-state index contributed by atoms with van der Waals surface area (Å²) in [6.45, 7) is 1.43. The number of nitrogens with one attached hydrogen (secondary N) is 1. The number of Topliss-reactive ketones (excluding diaryl/α,β-unsaturated/α-hetero) is 1. The van der Waals surface area contributed by atoms with Gasteiger partial charge in [-0.05, 0) is 18.6 Å². The first kappa shape index (κ1) is 12.7. The summed E-state index contributed by atoms with van der Waals surface area (Å²) in [6.07, 6.45) is 1.11. The van der Waals surface area contributed by atoms with Gasteiger partial charge in [0, 0.05) is 30.5 Å². The Kier molecular flexibility index (Phi) is 4.99. The maximum absolute atomic E-state index is 11.7. The van der Waals surface area contributed by atoms with Gasteiger partial charge in [0.2, 0.25) is 5.91 Å². The fraction of sp³-hybridized carbons (Fsp3) is 0.333. The molecule has 4 heteroatoms. The molecule has 1 N–H and O–H groups in total. The van der Waals surface area contributed by atoms with Gasteiger partial charge in [-0.1, -0.05) is 12.1 Å². The molecule has 1 rings (SSSR count). The topological polar surface area (TPSA) is 46.2 Å². The molecule has 0 aliphatic carbocycles. The summed E-state index contributed by atoms with van der Waals surface area (Å²) in [5, 5.41) is 2.64. The highest BCUT2D eigenvalue weighted by Gasteiger charge is 2.06. The average Bonchev–Trinajstić information content (AvgIpc) is 2.25. The number of alkyl halides is 1. The number of halogens is 1. The van der Waals surface area contributed by atoms with Gasteiger partial charge in [0.1, 0.15) is 0 Å². The summed E-state index contributed by atoms with van der Waals surface area (Å²) in [7, 11) is 0. The minimum absolute atomic E-state index is 0.0489. The molecule has 0 bridgehead atoms. The van der Waals surface area contributed by atoms with E-state index >= 15 is 0 Å². The highest BCUT2D eigenvalue weighted by molar-refractivity contribution is 6.18. The Morgan fingerprint density at radius 1 is 1.38 bits per heavy atom. The van der Waals surface area contributed by atoms with Crippen LogP contribution in [0.3, 0.4) is 0 Å². The number of hydrogen-bond acceptors (Lipinski definition) is 2. The smallest absolute Gasteiger partial charge is 0.221 e. The van der Waals surface area contributed by atoms with E-state index in [9.17, 15) is 9.59 Å². The van der Waals surface area contributed by atoms with E-state index in [0.29, 0.717) is 30.0 Å². The van der Waals surface area contributed by atoms with Crippen LogP contribution >= 0.6 is 11.6 Å². The maximum Gasteiger partial charge on any atom is 0.221 e. The lowest BCUT2D eigenvalue weighted by Gasteiger charge is -2.04. The molecule has 0 saturated heterocycles. The predicted molar refractivity (Wildman–Crippen MR) is 65.0 cm³/mol. The zero-order valence-electron chi connectivity index (χ0n) is 9.13. The molecule has 0 atom stereocenters. The summed E-state index contributed by atoms with van der Waals surface area (Å²) in [4.78, 5) is 22.5. The van der Waals surface area contributed by atoms with Crippen molar-refractivity contribution in [3.05, 3.63) is 29.8 Å². The van der Waals surface area contributed by atoms with Crippen molar-refractivity contribution in [2.24, 2.45) is 0 Å². The minimum Gasteiger partial charge on any atom is -0.326 e. The second kappa shape index (κ2) is 6.28. The molecule has 1 amide bonds. The molecule has 0 aromatic heterocycles. The molecule has 0 aliphatic heterocycles. The van der Waals surface area contributed by atoms with Gasteiger partial charge in [0.05, 0.1) is 0 Å². The fourth-order valence-corrected chi connectivity index (χ4v) is 1.48. The number of hydrogen-bond donors (Lipinski definition) is 1. The first-order chi connectivity index (χ1) is 7.63. The van der Waals surface area contributed by atoms with Crippen LogP contribution in [0.25, 0.3) is 0 Å². The number of rotatable bonds is 5. The van der Waals surface area contributed by atoms with Crippen LogP contribution in [0.15, 0.2) is 24.3 Å². The molecule has 0 spiro atoms. The lowest BCUT2D eigenvalue weighted by atomic mass is 10.1. The van der Waals surface area contributed by atoms with E-state index in [-0.39, 0.29) is 11.7 Å². The third-order valence-electron chi connectivity index (χ3n) is 2.04. The lowest BCUT2D eigenvalue weighted by molar-refractivity contribution is -0.114. The Bertz CT molecular complexity index is 390. The second-order valence-electron chi connectivity index (χ2n) is 3.48. The molecule has 1 aromatic carbocycles. The molecule has 1 aromatic rings. The van der Waals surface area contributed by atoms with E-state index in [2.05, 4.69) is 5.32 Å². The van der Waals surface area contributed by atoms with Gasteiger partial charge in [0.25, 0.3) is 0 Å². The fourth-order valence-electron chi connectivity index (χ4n) is 1.35. The van der Waals surface area contributed by atoms with Crippen LogP contribution in [0.1, 0.15) is 30.1 Å². The van der Waals surface area contributed by atoms with Crippen LogP contribution in [0.5, 0.6) is 0 Å². The number of benzene rings is 1. The predicted octanol–water partition coefficient (Wildman–Crippen LogP) is 2.85. The summed E-state index contributed by atoms with van der Waals surface area (Å²) < 4.78 is 0. The third kappa shape index (κ3) is 4.03. The van der Waals surface area contributed by atoms with Gasteiger partial charge in [-0.3, -0.25) is 9.59 Å². The van der Waals surface area contributed by atoms with Crippen LogP contribution in [-0.2, 0) is 4.79 Å². The van der Waals surface area contributed by atoms with Crippen LogP contribution < -0.4 is 5.32 Å². The summed E-state index contributed by atoms with van der Waals surface area (Å²) in [6, 6.07) is 6.92. The molecular weight excluding hydrogens is 226 g/mol. The van der Waals surface area contributed by atoms with Gasteiger partial charge in [-0.15, -0.1) is 11.6 Å². The molecule has 0 unspecified atom stereocenters. The van der Waals surface area contributed by atoms with Gasteiger partial charge >= 0.3 is 0 Å². The standard InChI is InChI=1S/C12H14ClNO2/c1-9(15)14-11-5-2-4-10(8-11)12(16)6-3-7-13/h2,4-5,8H,3,6-7H2,1H3,(H,14,15). The molecule has 0 radical (unpaired) electrons. The quantitative estimate of drug-likeness (QED) is 0.634. The summed E-state index contributed by atoms with van der Waals surface area (Å²) in [5.41, 5.74) is 1.25. The van der Waals surface area contributed by atoms with Gasteiger partial charge in [-0.25, -0.2) is 0 Å². The van der Waals surface area contributed by atoms with Crippen molar-refractivity contribution in [1.82, 2.24) is 0 Å². The largest absolute Gasteiger partial charge is 0.326 e. The second-order valence-corrected chi connectivity index (χ2v) is 3.86. The monoisotopic (exact) mass is 239 g/mol. The van der Waals surface area contributed by atoms with Crippen molar-refractivity contribution in [3.63, 3.8) is 0 Å². The maximum atomic E-state index is 11.7. The number of ketones is 1. The first-order valence-corrected chi connectivity index (χ1v) is 5.63. The van der Waals surface area contributed by atoms with Crippen LogP contribution in [0.2, 0.25) is 0 Å². The Balaban J connectivity index is 2.73. The van der Waals surface area contributed by atoms with Crippen molar-refractivity contribution in [2.75, 3.05) is 11.2 Å². The number of carbonyl (C=O) groups excluding carboxylic acids is 2. The number of carbonyl (C=O) groups is 2. The molecule has 3 nitrogen and oxygen atoms in total. The molecule has 0 heterocycles. The van der Waals surface area contributed by atoms with E-state index in [1.807, 2.05) is 0 Å². The van der Waals surface area contributed by atoms with E-state index in [1.165, 1.54) is 6.92 Å². The third-order valence-corrected chi connectivity index (χ3v) is 2.31. The molecule has 0 saturated carbocycles. The Hall–Kier alpha value is -1.35. The molecule has 0 fully saturated rings. The Labute approximate surface area is 99.8 Å². The lowest BCUT2D eigenvalue weighted by Crippen LogP contribution is -2.07. The normalized spacial score (nSPS) is 9.88. The van der Waals surface area contributed by atoms with Crippen molar-refractivity contribution in [3.8, 4) is 0 Å². The molecule has 0 aliphatic rings. The minimum atomic E-state index is -0.148. The van der Waals surface area contributed by atoms with Gasteiger partial charge < -0.3 is 5.32 Å². The molecule has 86 valence electrons. The average molecular weight is 240 g/mol. The van der Waals surface area contributed by atoms with Crippen molar-refractivity contribution >= 4 is 29.0 Å². The van der Waals surface area contributed by atoms with Crippen LogP contribution in [-0.4, -0.2) is 17.6 Å². The zero-order valence-corrected chi connectivity index (χ0v) is 9.88. The van der Waals surface area contributed by atoms with E-state index in [4.69, 9.17) is 11.6 Å². The van der Waals surface area contributed by atoms with Crippen molar-refractivity contribution in [2.45, 2.75) is 19.8 Å². The van der Waals surface area contributed by atoms with E-state index < -0.39 is 0 Å². The van der Waals surface area contributed by atoms with Crippen molar-refractivity contribution in [1.29, 1.82) is 0 Å². The zero-order chi connectivity index (χ0) is 12.0. The SMILES string of the molecule is CC(=O)Nc1cccc(C(=O)CCCCl)c1. The van der Waals surface area contributed by atoms with E-state index in [0.717, 1.165) is 0 Å². The van der Waals surface area contributed by atoms with Crippen LogP contribution in [0.4, 0.5) is 5.69 Å². The van der Waals surface area contributed by atoms with Crippen LogP contribution in [0, 0.1) is 0 Å².